The van der Waals surface area contributed by atoms with Crippen LogP contribution in [0.1, 0.15) is 183 Å². The molecule has 2 aliphatic heterocycles. The molecule has 0 saturated carbocycles. The van der Waals surface area contributed by atoms with Gasteiger partial charge in [-0.1, -0.05) is 186 Å². The number of hydrogen-bond acceptors (Lipinski definition) is 3. The van der Waals surface area contributed by atoms with Crippen LogP contribution in [0.15, 0.2) is 114 Å². The molecule has 4 heteroatoms. The van der Waals surface area contributed by atoms with Crippen LogP contribution < -0.4 is 26.4 Å². The van der Waals surface area contributed by atoms with E-state index in [0.717, 1.165) is 23.4 Å². The van der Waals surface area contributed by atoms with Gasteiger partial charge in [0.1, 0.15) is 5.58 Å². The summed E-state index contributed by atoms with van der Waals surface area (Å²) in [5.74, 6) is 0. The van der Waals surface area contributed by atoms with E-state index in [1.165, 1.54) is 101 Å². The van der Waals surface area contributed by atoms with Gasteiger partial charge in [-0.25, -0.2) is 0 Å². The Labute approximate surface area is 422 Å². The molecule has 3 nitrogen and oxygen atoms in total. The zero-order chi connectivity index (χ0) is 50.6. The lowest BCUT2D eigenvalue weighted by Crippen LogP contribution is -2.61. The summed E-state index contributed by atoms with van der Waals surface area (Å²) >= 11 is 0. The maximum atomic E-state index is 7.49. The van der Waals surface area contributed by atoms with Crippen LogP contribution in [0.3, 0.4) is 0 Å². The lowest BCUT2D eigenvalue weighted by Gasteiger charge is -2.45. The largest absolute Gasteiger partial charge is 0.468 e. The molecule has 1 aliphatic carbocycles. The molecule has 7 aromatic rings. The van der Waals surface area contributed by atoms with E-state index in [-0.39, 0.29) is 44.6 Å². The summed E-state index contributed by atoms with van der Waals surface area (Å²) in [6.45, 7) is 44.7. The van der Waals surface area contributed by atoms with Crippen molar-refractivity contribution in [2.24, 2.45) is 0 Å². The van der Waals surface area contributed by atoms with Gasteiger partial charge in [0, 0.05) is 33.7 Å². The number of fused-ring (bicyclic) bond motifs is 7. The fourth-order valence-electron chi connectivity index (χ4n) is 11.7. The average molecular weight is 927 g/mol. The second kappa shape index (κ2) is 15.5. The van der Waals surface area contributed by atoms with E-state index >= 15 is 0 Å². The molecule has 3 heterocycles. The third kappa shape index (κ3) is 7.86. The van der Waals surface area contributed by atoms with Crippen LogP contribution in [0, 0.1) is 0 Å². The van der Waals surface area contributed by atoms with Crippen LogP contribution >= 0.6 is 0 Å². The quantitative estimate of drug-likeness (QED) is 0.165. The van der Waals surface area contributed by atoms with Gasteiger partial charge in [0.25, 0.3) is 6.71 Å². The Morgan fingerprint density at radius 3 is 1.53 bits per heavy atom. The second-order valence-electron chi connectivity index (χ2n) is 27.9. The van der Waals surface area contributed by atoms with E-state index in [2.05, 4.69) is 251 Å². The second-order valence-corrected chi connectivity index (χ2v) is 27.9. The normalized spacial score (nSPS) is 16.5. The lowest BCUT2D eigenvalue weighted by molar-refractivity contribution is 0.332. The van der Waals surface area contributed by atoms with Gasteiger partial charge in [0.2, 0.25) is 0 Å². The highest BCUT2D eigenvalue weighted by atomic mass is 16.3. The Kier molecular flexibility index (Phi) is 10.7. The van der Waals surface area contributed by atoms with Crippen molar-refractivity contribution >= 4 is 68.4 Å². The monoisotopic (exact) mass is 927 g/mol. The minimum absolute atomic E-state index is 0.0341. The topological polar surface area (TPSA) is 19.6 Å². The highest BCUT2D eigenvalue weighted by Gasteiger charge is 2.49. The van der Waals surface area contributed by atoms with Gasteiger partial charge in [-0.15, -0.1) is 0 Å². The Balaban J connectivity index is 1.36. The molecule has 0 radical (unpaired) electrons. The summed E-state index contributed by atoms with van der Waals surface area (Å²) in [5, 5.41) is 1.17. The maximum absolute atomic E-state index is 7.49. The molecule has 362 valence electrons. The summed E-state index contributed by atoms with van der Waals surface area (Å²) in [6.07, 6.45) is 2.33. The minimum Gasteiger partial charge on any atom is -0.468 e. The Hall–Kier alpha value is -5.48. The van der Waals surface area contributed by atoms with Crippen molar-refractivity contribution in [3.05, 3.63) is 148 Å². The highest BCUT2D eigenvalue weighted by Crippen LogP contribution is 2.53. The van der Waals surface area contributed by atoms with Gasteiger partial charge in [0.05, 0.1) is 17.0 Å². The number of hydrogen-bond donors (Lipinski definition) is 0. The molecule has 10 rings (SSSR count). The molecular weight excluding hydrogens is 848 g/mol. The van der Waals surface area contributed by atoms with Gasteiger partial charge in [-0.3, -0.25) is 0 Å². The van der Waals surface area contributed by atoms with Gasteiger partial charge in [-0.05, 0) is 161 Å². The Morgan fingerprint density at radius 1 is 0.443 bits per heavy atom. The molecule has 70 heavy (non-hydrogen) atoms. The maximum Gasteiger partial charge on any atom is 0.297 e. The van der Waals surface area contributed by atoms with Crippen molar-refractivity contribution < 1.29 is 4.42 Å². The number of rotatable bonds is 3. The molecule has 0 bridgehead atoms. The average Bonchev–Trinajstić information content (AvgIpc) is 3.64. The number of anilines is 6. The molecule has 0 N–H and O–H groups in total. The standard InChI is InChI=1S/C66H79BN2O/c1-60(2,3)41-22-20-40(21-23-41)47-34-42(61(4,5)6)24-29-52(47)69-53-30-25-44(63(10,11)12)36-51(53)67-57-54(37-45(38-55(57)69)64(13,14)15)68(46-27-28-49-50(39-46)66(18,19)33-32-65(49,16)17)58-48-35-43(62(7,8)9)26-31-56(48)70-59(58)67/h20-31,34-39H,32-33H2,1-19H3. The zero-order valence-electron chi connectivity index (χ0n) is 46.2. The van der Waals surface area contributed by atoms with E-state index in [4.69, 9.17) is 4.42 Å². The fraction of sp³-hybridized carbons (Fsp3) is 0.424. The van der Waals surface area contributed by atoms with Crippen LogP contribution in [-0.2, 0) is 37.9 Å². The van der Waals surface area contributed by atoms with Crippen LogP contribution in [0.2, 0.25) is 0 Å². The summed E-state index contributed by atoms with van der Waals surface area (Å²) in [4.78, 5) is 5.26. The molecular formula is C66H79BN2O. The first kappa shape index (κ1) is 48.2. The molecule has 6 aromatic carbocycles. The van der Waals surface area contributed by atoms with Crippen LogP contribution in [0.5, 0.6) is 0 Å². The van der Waals surface area contributed by atoms with Crippen molar-refractivity contribution in [2.75, 3.05) is 9.80 Å². The molecule has 0 atom stereocenters. The summed E-state index contributed by atoms with van der Waals surface area (Å²) in [5.41, 5.74) is 23.5. The van der Waals surface area contributed by atoms with Crippen LogP contribution in [0.4, 0.5) is 34.1 Å². The van der Waals surface area contributed by atoms with Gasteiger partial charge < -0.3 is 14.2 Å². The van der Waals surface area contributed by atoms with E-state index in [1.807, 2.05) is 0 Å². The van der Waals surface area contributed by atoms with Gasteiger partial charge >= 0.3 is 0 Å². The minimum atomic E-state index is -0.156. The van der Waals surface area contributed by atoms with Crippen molar-refractivity contribution in [1.82, 2.24) is 0 Å². The number of benzene rings is 6. The predicted molar refractivity (Wildman–Crippen MR) is 304 cm³/mol. The molecule has 0 spiro atoms. The van der Waals surface area contributed by atoms with E-state index in [9.17, 15) is 0 Å². The molecule has 0 fully saturated rings. The molecule has 0 saturated heterocycles. The van der Waals surface area contributed by atoms with Crippen molar-refractivity contribution in [3.8, 4) is 11.1 Å². The molecule has 0 amide bonds. The number of nitrogens with zero attached hydrogens (tertiary/aromatic N) is 2. The molecule has 3 aliphatic rings. The highest BCUT2D eigenvalue weighted by molar-refractivity contribution is 7.00. The molecule has 0 unspecified atom stereocenters. The Bertz CT molecular complexity index is 3230. The summed E-state index contributed by atoms with van der Waals surface area (Å²) < 4.78 is 7.49. The SMILES string of the molecule is CC(C)(C)c1ccc(-c2cc(C(C)(C)C)ccc2N2c3ccc(C(C)(C)C)cc3B3c4oc5ccc(C(C)(C)C)cc5c4N(c4ccc5c(c4)C(C)(C)CCC5(C)C)c4cc(C(C)(C)C)cc2c43)cc1. The third-order valence-electron chi connectivity index (χ3n) is 16.5. The first-order chi connectivity index (χ1) is 32.3. The molecule has 1 aromatic heterocycles. The van der Waals surface area contributed by atoms with E-state index in [1.54, 1.807) is 0 Å². The van der Waals surface area contributed by atoms with E-state index < -0.39 is 0 Å². The zero-order valence-corrected chi connectivity index (χ0v) is 46.2. The fourth-order valence-corrected chi connectivity index (χ4v) is 11.7. The smallest absolute Gasteiger partial charge is 0.297 e. The van der Waals surface area contributed by atoms with E-state index in [0.29, 0.717) is 0 Å². The lowest BCUT2D eigenvalue weighted by atomic mass is 9.35. The summed E-state index contributed by atoms with van der Waals surface area (Å²) in [7, 11) is 0. The Morgan fingerprint density at radius 2 is 0.943 bits per heavy atom. The third-order valence-corrected chi connectivity index (χ3v) is 16.5. The number of furan rings is 1. The van der Waals surface area contributed by atoms with Gasteiger partial charge in [0.15, 0.2) is 0 Å². The van der Waals surface area contributed by atoms with Crippen molar-refractivity contribution in [1.29, 1.82) is 0 Å². The first-order valence-electron chi connectivity index (χ1n) is 26.3. The van der Waals surface area contributed by atoms with Crippen LogP contribution in [0.25, 0.3) is 22.1 Å². The van der Waals surface area contributed by atoms with Crippen molar-refractivity contribution in [3.63, 3.8) is 0 Å². The first-order valence-corrected chi connectivity index (χ1v) is 26.3. The van der Waals surface area contributed by atoms with Crippen LogP contribution in [-0.4, -0.2) is 6.71 Å². The van der Waals surface area contributed by atoms with Gasteiger partial charge in [-0.2, -0.15) is 0 Å². The predicted octanol–water partition coefficient (Wildman–Crippen LogP) is 17.0. The van der Waals surface area contributed by atoms with Crippen molar-refractivity contribution in [2.45, 2.75) is 182 Å². The summed E-state index contributed by atoms with van der Waals surface area (Å²) in [6, 6.07) is 43.5.